The van der Waals surface area contributed by atoms with E-state index in [1.165, 1.54) is 0 Å². The van der Waals surface area contributed by atoms with Crippen molar-refractivity contribution < 1.29 is 14.7 Å². The molecule has 1 aliphatic rings. The zero-order valence-corrected chi connectivity index (χ0v) is 11.7. The molecular weight excluding hydrogens is 230 g/mol. The van der Waals surface area contributed by atoms with E-state index in [9.17, 15) is 9.59 Å². The van der Waals surface area contributed by atoms with Gasteiger partial charge in [-0.05, 0) is 18.8 Å². The standard InChI is InChI=1S/C14H25NO3/c1-11(2)9-12(16)15(3)14(10-13(17)18)7-5-4-6-8-14/h11H,4-10H2,1-3H3,(H,17,18). The normalized spacial score (nSPS) is 18.7. The molecule has 18 heavy (non-hydrogen) atoms. The first-order valence-corrected chi connectivity index (χ1v) is 6.86. The maximum Gasteiger partial charge on any atom is 0.305 e. The van der Waals surface area contributed by atoms with Gasteiger partial charge in [0.1, 0.15) is 0 Å². The molecule has 0 atom stereocenters. The highest BCUT2D eigenvalue weighted by Crippen LogP contribution is 2.36. The highest BCUT2D eigenvalue weighted by atomic mass is 16.4. The van der Waals surface area contributed by atoms with Crippen LogP contribution in [0.4, 0.5) is 0 Å². The third kappa shape index (κ3) is 3.72. The fourth-order valence-electron chi connectivity index (χ4n) is 2.87. The summed E-state index contributed by atoms with van der Waals surface area (Å²) in [5.41, 5.74) is -0.448. The van der Waals surface area contributed by atoms with Crippen LogP contribution in [0, 0.1) is 5.92 Å². The zero-order chi connectivity index (χ0) is 13.8. The Balaban J connectivity index is 2.81. The third-order valence-corrected chi connectivity index (χ3v) is 3.93. The van der Waals surface area contributed by atoms with Crippen molar-refractivity contribution in [3.05, 3.63) is 0 Å². The summed E-state index contributed by atoms with van der Waals surface area (Å²) in [5.74, 6) is -0.417. The minimum absolute atomic E-state index is 0.0767. The Morgan fingerprint density at radius 2 is 1.78 bits per heavy atom. The van der Waals surface area contributed by atoms with Crippen LogP contribution >= 0.6 is 0 Å². The molecule has 0 unspecified atom stereocenters. The van der Waals surface area contributed by atoms with E-state index in [0.29, 0.717) is 12.3 Å². The van der Waals surface area contributed by atoms with Crippen molar-refractivity contribution in [3.8, 4) is 0 Å². The molecule has 1 rings (SSSR count). The van der Waals surface area contributed by atoms with Gasteiger partial charge in [0, 0.05) is 13.5 Å². The van der Waals surface area contributed by atoms with Crippen molar-refractivity contribution in [2.24, 2.45) is 5.92 Å². The van der Waals surface area contributed by atoms with Crippen LogP contribution in [-0.2, 0) is 9.59 Å². The van der Waals surface area contributed by atoms with Gasteiger partial charge in [0.25, 0.3) is 0 Å². The zero-order valence-electron chi connectivity index (χ0n) is 11.7. The second kappa shape index (κ2) is 6.21. The van der Waals surface area contributed by atoms with Crippen molar-refractivity contribution in [2.75, 3.05) is 7.05 Å². The number of carboxylic acids is 1. The fraction of sp³-hybridized carbons (Fsp3) is 0.857. The summed E-state index contributed by atoms with van der Waals surface area (Å²) < 4.78 is 0. The van der Waals surface area contributed by atoms with Crippen molar-refractivity contribution in [2.45, 2.75) is 64.3 Å². The van der Waals surface area contributed by atoms with Crippen LogP contribution in [0.15, 0.2) is 0 Å². The number of carbonyl (C=O) groups is 2. The van der Waals surface area contributed by atoms with Gasteiger partial charge in [0.15, 0.2) is 0 Å². The number of amides is 1. The van der Waals surface area contributed by atoms with Gasteiger partial charge in [-0.25, -0.2) is 0 Å². The molecule has 1 fully saturated rings. The van der Waals surface area contributed by atoms with Crippen LogP contribution in [0.1, 0.15) is 58.8 Å². The third-order valence-electron chi connectivity index (χ3n) is 3.93. The summed E-state index contributed by atoms with van der Waals surface area (Å²) in [5, 5.41) is 9.11. The molecule has 0 aromatic heterocycles. The quantitative estimate of drug-likeness (QED) is 0.821. The summed E-state index contributed by atoms with van der Waals surface area (Å²) in [6, 6.07) is 0. The van der Waals surface area contributed by atoms with Crippen LogP contribution in [-0.4, -0.2) is 34.5 Å². The first-order valence-electron chi connectivity index (χ1n) is 6.86. The smallest absolute Gasteiger partial charge is 0.305 e. The molecule has 0 aliphatic heterocycles. The van der Waals surface area contributed by atoms with Crippen molar-refractivity contribution in [3.63, 3.8) is 0 Å². The first-order chi connectivity index (χ1) is 8.37. The lowest BCUT2D eigenvalue weighted by atomic mass is 9.78. The van der Waals surface area contributed by atoms with E-state index in [1.54, 1.807) is 11.9 Å². The molecule has 1 saturated carbocycles. The van der Waals surface area contributed by atoms with E-state index < -0.39 is 11.5 Å². The predicted molar refractivity (Wildman–Crippen MR) is 70.3 cm³/mol. The molecule has 1 N–H and O–H groups in total. The van der Waals surface area contributed by atoms with E-state index >= 15 is 0 Å². The van der Waals surface area contributed by atoms with E-state index in [0.717, 1.165) is 32.1 Å². The van der Waals surface area contributed by atoms with Crippen molar-refractivity contribution >= 4 is 11.9 Å². The summed E-state index contributed by atoms with van der Waals surface area (Å²) in [7, 11) is 1.78. The molecule has 0 aromatic rings. The van der Waals surface area contributed by atoms with Gasteiger partial charge in [0.2, 0.25) is 5.91 Å². The summed E-state index contributed by atoms with van der Waals surface area (Å²) in [6.45, 7) is 4.02. The van der Waals surface area contributed by atoms with E-state index in [4.69, 9.17) is 5.11 Å². The maximum absolute atomic E-state index is 12.2. The molecule has 4 heteroatoms. The number of carboxylic acid groups (broad SMARTS) is 1. The van der Waals surface area contributed by atoms with Crippen LogP contribution in [0.25, 0.3) is 0 Å². The lowest BCUT2D eigenvalue weighted by Crippen LogP contribution is -2.52. The Kier molecular flexibility index (Phi) is 5.17. The average molecular weight is 255 g/mol. The topological polar surface area (TPSA) is 57.6 Å². The van der Waals surface area contributed by atoms with E-state index in [1.807, 2.05) is 13.8 Å². The molecule has 1 amide bonds. The van der Waals surface area contributed by atoms with Crippen LogP contribution < -0.4 is 0 Å². The van der Waals surface area contributed by atoms with Gasteiger partial charge >= 0.3 is 5.97 Å². The fourth-order valence-corrected chi connectivity index (χ4v) is 2.87. The average Bonchev–Trinajstić information content (AvgIpc) is 2.27. The molecule has 0 bridgehead atoms. The highest BCUT2D eigenvalue weighted by Gasteiger charge is 2.40. The predicted octanol–water partition coefficient (Wildman–Crippen LogP) is 2.67. The lowest BCUT2D eigenvalue weighted by Gasteiger charge is -2.44. The molecule has 0 saturated heterocycles. The molecular formula is C14H25NO3. The second-order valence-electron chi connectivity index (χ2n) is 5.91. The van der Waals surface area contributed by atoms with Gasteiger partial charge in [-0.2, -0.15) is 0 Å². The second-order valence-corrected chi connectivity index (χ2v) is 5.91. The summed E-state index contributed by atoms with van der Waals surface area (Å²) >= 11 is 0. The Labute approximate surface area is 109 Å². The van der Waals surface area contributed by atoms with Crippen molar-refractivity contribution in [1.82, 2.24) is 4.90 Å². The Bertz CT molecular complexity index is 306. The van der Waals surface area contributed by atoms with Gasteiger partial charge in [-0.1, -0.05) is 33.1 Å². The number of hydrogen-bond acceptors (Lipinski definition) is 2. The minimum atomic E-state index is -0.805. The Hall–Kier alpha value is -1.06. The number of hydrogen-bond donors (Lipinski definition) is 1. The molecule has 0 spiro atoms. The molecule has 104 valence electrons. The number of rotatable bonds is 5. The van der Waals surface area contributed by atoms with Gasteiger partial charge < -0.3 is 10.0 Å². The summed E-state index contributed by atoms with van der Waals surface area (Å²) in [4.78, 5) is 25.0. The molecule has 1 aliphatic carbocycles. The Morgan fingerprint density at radius 3 is 2.22 bits per heavy atom. The molecule has 0 heterocycles. The lowest BCUT2D eigenvalue weighted by molar-refractivity contribution is -0.146. The first kappa shape index (κ1) is 15.0. The van der Waals surface area contributed by atoms with Gasteiger partial charge in [-0.15, -0.1) is 0 Å². The molecule has 4 nitrogen and oxygen atoms in total. The molecule has 0 radical (unpaired) electrons. The van der Waals surface area contributed by atoms with Gasteiger partial charge in [-0.3, -0.25) is 9.59 Å². The van der Waals surface area contributed by atoms with Gasteiger partial charge in [0.05, 0.1) is 12.0 Å². The minimum Gasteiger partial charge on any atom is -0.481 e. The van der Waals surface area contributed by atoms with Crippen molar-refractivity contribution in [1.29, 1.82) is 0 Å². The molecule has 0 aromatic carbocycles. The summed E-state index contributed by atoms with van der Waals surface area (Å²) in [6.07, 6.45) is 5.40. The number of carbonyl (C=O) groups excluding carboxylic acids is 1. The van der Waals surface area contributed by atoms with Crippen LogP contribution in [0.5, 0.6) is 0 Å². The number of aliphatic carboxylic acids is 1. The Morgan fingerprint density at radius 1 is 1.22 bits per heavy atom. The van der Waals surface area contributed by atoms with E-state index in [-0.39, 0.29) is 12.3 Å². The van der Waals surface area contributed by atoms with E-state index in [2.05, 4.69) is 0 Å². The maximum atomic E-state index is 12.2. The largest absolute Gasteiger partial charge is 0.481 e. The highest BCUT2D eigenvalue weighted by molar-refractivity contribution is 5.78. The number of nitrogens with zero attached hydrogens (tertiary/aromatic N) is 1. The van der Waals surface area contributed by atoms with Crippen LogP contribution in [0.2, 0.25) is 0 Å². The monoisotopic (exact) mass is 255 g/mol. The SMILES string of the molecule is CC(C)CC(=O)N(C)C1(CC(=O)O)CCCCC1. The van der Waals surface area contributed by atoms with Crippen LogP contribution in [0.3, 0.4) is 0 Å².